The lowest BCUT2D eigenvalue weighted by Gasteiger charge is -2.02. The van der Waals surface area contributed by atoms with Crippen LogP contribution in [0.25, 0.3) is 0 Å². The van der Waals surface area contributed by atoms with Gasteiger partial charge in [0.15, 0.2) is 0 Å². The van der Waals surface area contributed by atoms with E-state index in [-0.39, 0.29) is 0 Å². The highest BCUT2D eigenvalue weighted by Crippen LogP contribution is 2.26. The van der Waals surface area contributed by atoms with E-state index in [0.29, 0.717) is 0 Å². The maximum absolute atomic E-state index is 5.55. The average Bonchev–Trinajstić information content (AvgIpc) is 2.51. The van der Waals surface area contributed by atoms with Crippen molar-refractivity contribution in [2.24, 2.45) is 0 Å². The van der Waals surface area contributed by atoms with Gasteiger partial charge in [-0.1, -0.05) is 26.2 Å². The second-order valence-corrected chi connectivity index (χ2v) is 5.29. The van der Waals surface area contributed by atoms with Crippen LogP contribution in [0.15, 0.2) is 15.2 Å². The normalized spacial score (nSPS) is 10.3. The van der Waals surface area contributed by atoms with Gasteiger partial charge in [-0.3, -0.25) is 0 Å². The highest BCUT2D eigenvalue weighted by atomic mass is 79.9. The van der Waals surface area contributed by atoms with Crippen LogP contribution < -0.4 is 4.74 Å². The Morgan fingerprint density at radius 3 is 2.85 bits per heavy atom. The molecule has 0 aliphatic carbocycles. The summed E-state index contributed by atoms with van der Waals surface area (Å²) in [5, 5.41) is 2.03. The lowest BCUT2D eigenvalue weighted by atomic mass is 10.2. The van der Waals surface area contributed by atoms with Crippen molar-refractivity contribution in [2.75, 3.05) is 6.61 Å². The van der Waals surface area contributed by atoms with Crippen LogP contribution in [0.5, 0.6) is 5.75 Å². The van der Waals surface area contributed by atoms with Crippen LogP contribution in [0.3, 0.4) is 0 Å². The monoisotopic (exact) mass is 262 g/mol. The van der Waals surface area contributed by atoms with E-state index < -0.39 is 0 Å². The summed E-state index contributed by atoms with van der Waals surface area (Å²) in [6.07, 6.45) is 5.05. The van der Waals surface area contributed by atoms with Crippen LogP contribution in [-0.2, 0) is 0 Å². The minimum absolute atomic E-state index is 0.850. The molecule has 0 fully saturated rings. The van der Waals surface area contributed by atoms with Crippen LogP contribution in [-0.4, -0.2) is 6.61 Å². The van der Waals surface area contributed by atoms with Crippen LogP contribution in [0.1, 0.15) is 32.6 Å². The summed E-state index contributed by atoms with van der Waals surface area (Å²) in [6, 6.07) is 2.02. The zero-order valence-corrected chi connectivity index (χ0v) is 10.3. The van der Waals surface area contributed by atoms with Crippen LogP contribution >= 0.6 is 27.3 Å². The molecule has 0 aliphatic heterocycles. The molecular formula is C10H15BrOS. The quantitative estimate of drug-likeness (QED) is 0.688. The molecule has 0 atom stereocenters. The minimum atomic E-state index is 0.850. The summed E-state index contributed by atoms with van der Waals surface area (Å²) >= 11 is 5.07. The molecule has 0 bridgehead atoms. The molecule has 0 N–H and O–H groups in total. The molecule has 1 aromatic rings. The van der Waals surface area contributed by atoms with Gasteiger partial charge in [0, 0.05) is 11.4 Å². The van der Waals surface area contributed by atoms with Crippen LogP contribution in [0.4, 0.5) is 0 Å². The van der Waals surface area contributed by atoms with Gasteiger partial charge in [0.2, 0.25) is 0 Å². The summed E-state index contributed by atoms with van der Waals surface area (Å²) in [5.74, 6) is 0.994. The molecule has 0 radical (unpaired) electrons. The van der Waals surface area contributed by atoms with Gasteiger partial charge in [-0.15, -0.1) is 11.3 Å². The summed E-state index contributed by atoms with van der Waals surface area (Å²) in [4.78, 5) is 0. The third-order valence-corrected chi connectivity index (χ3v) is 3.29. The fraction of sp³-hybridized carbons (Fsp3) is 0.600. The van der Waals surface area contributed by atoms with Gasteiger partial charge >= 0.3 is 0 Å². The van der Waals surface area contributed by atoms with Gasteiger partial charge in [-0.25, -0.2) is 0 Å². The molecule has 0 spiro atoms. The Labute approximate surface area is 92.2 Å². The number of hydrogen-bond donors (Lipinski definition) is 0. The number of hydrogen-bond acceptors (Lipinski definition) is 2. The van der Waals surface area contributed by atoms with Crippen molar-refractivity contribution in [3.63, 3.8) is 0 Å². The molecule has 1 rings (SSSR count). The lowest BCUT2D eigenvalue weighted by molar-refractivity contribution is 0.306. The number of unbranched alkanes of at least 4 members (excludes halogenated alkanes) is 3. The number of ether oxygens (including phenoxy) is 1. The molecule has 0 saturated heterocycles. The van der Waals surface area contributed by atoms with Crippen molar-refractivity contribution in [2.45, 2.75) is 32.6 Å². The fourth-order valence-electron chi connectivity index (χ4n) is 1.09. The van der Waals surface area contributed by atoms with E-state index in [1.54, 1.807) is 11.3 Å². The van der Waals surface area contributed by atoms with Crippen molar-refractivity contribution in [1.82, 2.24) is 0 Å². The Kier molecular flexibility index (Phi) is 5.47. The largest absolute Gasteiger partial charge is 0.493 e. The second kappa shape index (κ2) is 6.44. The maximum atomic E-state index is 5.55. The van der Waals surface area contributed by atoms with Crippen molar-refractivity contribution < 1.29 is 4.74 Å². The molecule has 0 saturated carbocycles. The molecule has 0 aliphatic rings. The van der Waals surface area contributed by atoms with Crippen LogP contribution in [0, 0.1) is 0 Å². The van der Waals surface area contributed by atoms with Crippen molar-refractivity contribution >= 4 is 27.3 Å². The van der Waals surface area contributed by atoms with Gasteiger partial charge in [-0.05, 0) is 22.4 Å². The third-order valence-electron chi connectivity index (χ3n) is 1.81. The predicted molar refractivity (Wildman–Crippen MR) is 61.7 cm³/mol. The van der Waals surface area contributed by atoms with E-state index in [0.717, 1.165) is 16.1 Å². The molecule has 1 aromatic heterocycles. The van der Waals surface area contributed by atoms with E-state index in [1.807, 2.05) is 11.4 Å². The lowest BCUT2D eigenvalue weighted by Crippen LogP contribution is -1.95. The van der Waals surface area contributed by atoms with Gasteiger partial charge in [-0.2, -0.15) is 0 Å². The van der Waals surface area contributed by atoms with Crippen molar-refractivity contribution in [1.29, 1.82) is 0 Å². The summed E-state index contributed by atoms with van der Waals surface area (Å²) < 4.78 is 6.69. The first-order valence-corrected chi connectivity index (χ1v) is 6.37. The average molecular weight is 263 g/mol. The van der Waals surface area contributed by atoms with Crippen molar-refractivity contribution in [3.05, 3.63) is 15.2 Å². The molecular weight excluding hydrogens is 248 g/mol. The predicted octanol–water partition coefficient (Wildman–Crippen LogP) is 4.47. The molecule has 13 heavy (non-hydrogen) atoms. The molecule has 3 heteroatoms. The maximum Gasteiger partial charge on any atom is 0.131 e. The fourth-order valence-corrected chi connectivity index (χ4v) is 2.14. The first-order chi connectivity index (χ1) is 6.33. The molecule has 1 nitrogen and oxygen atoms in total. The molecule has 1 heterocycles. The van der Waals surface area contributed by atoms with E-state index in [2.05, 4.69) is 22.9 Å². The number of rotatable bonds is 6. The Morgan fingerprint density at radius 1 is 1.38 bits per heavy atom. The van der Waals surface area contributed by atoms with E-state index in [4.69, 9.17) is 4.74 Å². The Balaban J connectivity index is 2.06. The molecule has 0 amide bonds. The van der Waals surface area contributed by atoms with Crippen molar-refractivity contribution in [3.8, 4) is 5.75 Å². The standard InChI is InChI=1S/C10H15BrOS/c1-2-3-4-5-6-12-9-7-10(11)13-8-9/h7-8H,2-6H2,1H3. The molecule has 0 aromatic carbocycles. The smallest absolute Gasteiger partial charge is 0.131 e. The van der Waals surface area contributed by atoms with E-state index >= 15 is 0 Å². The Hall–Kier alpha value is -0.0200. The SMILES string of the molecule is CCCCCCOc1csc(Br)c1. The molecule has 0 unspecified atom stereocenters. The Morgan fingerprint density at radius 2 is 2.23 bits per heavy atom. The number of thiophene rings is 1. The van der Waals surface area contributed by atoms with Gasteiger partial charge in [0.25, 0.3) is 0 Å². The third kappa shape index (κ3) is 4.67. The zero-order valence-electron chi connectivity index (χ0n) is 7.88. The summed E-state index contributed by atoms with van der Waals surface area (Å²) in [7, 11) is 0. The van der Waals surface area contributed by atoms with Crippen LogP contribution in [0.2, 0.25) is 0 Å². The Bertz CT molecular complexity index is 235. The first kappa shape index (κ1) is 11.1. The minimum Gasteiger partial charge on any atom is -0.493 e. The van der Waals surface area contributed by atoms with E-state index in [1.165, 1.54) is 25.7 Å². The summed E-state index contributed by atoms with van der Waals surface area (Å²) in [5.41, 5.74) is 0. The van der Waals surface area contributed by atoms with Gasteiger partial charge in [0.1, 0.15) is 5.75 Å². The second-order valence-electron chi connectivity index (χ2n) is 3.00. The molecule has 74 valence electrons. The highest BCUT2D eigenvalue weighted by molar-refractivity contribution is 9.11. The van der Waals surface area contributed by atoms with E-state index in [9.17, 15) is 0 Å². The zero-order chi connectivity index (χ0) is 9.52. The topological polar surface area (TPSA) is 9.23 Å². The summed E-state index contributed by atoms with van der Waals surface area (Å²) in [6.45, 7) is 3.07. The van der Waals surface area contributed by atoms with Gasteiger partial charge < -0.3 is 4.74 Å². The number of halogens is 1. The van der Waals surface area contributed by atoms with Gasteiger partial charge in [0.05, 0.1) is 10.4 Å². The highest BCUT2D eigenvalue weighted by Gasteiger charge is 1.96. The first-order valence-electron chi connectivity index (χ1n) is 4.69.